The molecule has 0 aromatic heterocycles. The molecule has 3 aromatic rings. The third kappa shape index (κ3) is 6.19. The number of hydrogen-bond acceptors (Lipinski definition) is 3. The Morgan fingerprint density at radius 1 is 0.828 bits per heavy atom. The van der Waals surface area contributed by atoms with Crippen LogP contribution in [0.2, 0.25) is 0 Å². The first-order valence-corrected chi connectivity index (χ1v) is 9.77. The summed E-state index contributed by atoms with van der Waals surface area (Å²) >= 11 is 0. The number of para-hydroxylation sites is 1. The summed E-state index contributed by atoms with van der Waals surface area (Å²) in [5, 5.41) is 9.98. The summed E-state index contributed by atoms with van der Waals surface area (Å²) in [6.07, 6.45) is 0. The maximum Gasteiger partial charge on any atom is 0.314 e. The van der Waals surface area contributed by atoms with Gasteiger partial charge in [-0.05, 0) is 30.2 Å². The minimum atomic E-state index is -1.04. The highest BCUT2D eigenvalue weighted by Gasteiger charge is 2.36. The Balaban J connectivity index is 1.77. The van der Waals surface area contributed by atoms with Crippen LogP contribution in [0.25, 0.3) is 0 Å². The quantitative estimate of drug-likeness (QED) is 0.538. The Labute approximate surface area is 172 Å². The number of aliphatic carboxylic acids is 1. The van der Waals surface area contributed by atoms with Crippen molar-refractivity contribution in [1.29, 1.82) is 0 Å². The molecule has 0 aliphatic heterocycles. The number of carbonyl (C=O) groups is 1. The second-order valence-corrected chi connectivity index (χ2v) is 7.58. The highest BCUT2D eigenvalue weighted by Crippen LogP contribution is 2.24. The van der Waals surface area contributed by atoms with Crippen molar-refractivity contribution < 1.29 is 14.6 Å². The summed E-state index contributed by atoms with van der Waals surface area (Å²) < 4.78 is 5.83. The first kappa shape index (κ1) is 20.6. The average Bonchev–Trinajstić information content (AvgIpc) is 2.74. The maximum atomic E-state index is 12.2. The molecule has 0 radical (unpaired) electrons. The lowest BCUT2D eigenvalue weighted by Crippen LogP contribution is -2.44. The Hall–Kier alpha value is -3.11. The minimum absolute atomic E-state index is 0.104. The van der Waals surface area contributed by atoms with Gasteiger partial charge in [-0.1, -0.05) is 78.9 Å². The van der Waals surface area contributed by atoms with E-state index in [2.05, 4.69) is 29.2 Å². The molecule has 0 amide bonds. The Kier molecular flexibility index (Phi) is 7.04. The molecule has 3 aromatic carbocycles. The van der Waals surface area contributed by atoms with Crippen molar-refractivity contribution in [1.82, 2.24) is 4.90 Å². The summed E-state index contributed by atoms with van der Waals surface area (Å²) in [4.78, 5) is 14.3. The van der Waals surface area contributed by atoms with Crippen LogP contribution in [0.5, 0.6) is 5.75 Å². The normalized spacial score (nSPS) is 13.0. The van der Waals surface area contributed by atoms with Crippen LogP contribution in [0.15, 0.2) is 91.0 Å². The lowest BCUT2D eigenvalue weighted by Gasteiger charge is -2.32. The zero-order chi connectivity index (χ0) is 20.5. The predicted molar refractivity (Wildman–Crippen MR) is 115 cm³/mol. The van der Waals surface area contributed by atoms with E-state index in [4.69, 9.17) is 4.74 Å². The van der Waals surface area contributed by atoms with Gasteiger partial charge < -0.3 is 9.84 Å². The van der Waals surface area contributed by atoms with E-state index < -0.39 is 11.4 Å². The van der Waals surface area contributed by atoms with E-state index in [0.29, 0.717) is 25.4 Å². The maximum absolute atomic E-state index is 12.2. The number of nitrogens with zero attached hydrogens (tertiary/aromatic N) is 1. The summed E-state index contributed by atoms with van der Waals surface area (Å²) in [6.45, 7) is 3.57. The van der Waals surface area contributed by atoms with Crippen LogP contribution in [0.4, 0.5) is 0 Å². The predicted octanol–water partition coefficient (Wildman–Crippen LogP) is 4.86. The van der Waals surface area contributed by atoms with E-state index in [0.717, 1.165) is 11.1 Å². The number of ether oxygens (including phenoxy) is 1. The van der Waals surface area contributed by atoms with Gasteiger partial charge in [0.25, 0.3) is 0 Å². The molecular weight excluding hydrogens is 362 g/mol. The number of rotatable bonds is 10. The summed E-state index contributed by atoms with van der Waals surface area (Å²) in [5.74, 6) is -0.183. The van der Waals surface area contributed by atoms with E-state index in [1.165, 1.54) is 0 Å². The largest absolute Gasteiger partial charge is 0.492 e. The molecular formula is C25H27NO3. The third-order valence-electron chi connectivity index (χ3n) is 4.89. The van der Waals surface area contributed by atoms with E-state index in [1.54, 1.807) is 6.92 Å². The molecule has 0 heterocycles. The molecule has 3 rings (SSSR count). The first-order valence-electron chi connectivity index (χ1n) is 9.77. The highest BCUT2D eigenvalue weighted by molar-refractivity contribution is 5.74. The van der Waals surface area contributed by atoms with E-state index in [9.17, 15) is 9.90 Å². The van der Waals surface area contributed by atoms with Crippen molar-refractivity contribution in [2.45, 2.75) is 20.0 Å². The van der Waals surface area contributed by atoms with Gasteiger partial charge in [0.1, 0.15) is 17.8 Å². The van der Waals surface area contributed by atoms with Crippen LogP contribution in [-0.2, 0) is 17.9 Å². The van der Waals surface area contributed by atoms with Crippen molar-refractivity contribution >= 4 is 5.97 Å². The van der Waals surface area contributed by atoms with Gasteiger partial charge in [0.15, 0.2) is 0 Å². The van der Waals surface area contributed by atoms with E-state index in [1.807, 2.05) is 66.7 Å². The number of benzene rings is 3. The average molecular weight is 389 g/mol. The zero-order valence-electron chi connectivity index (χ0n) is 16.7. The molecule has 0 saturated heterocycles. The SMILES string of the molecule is CC(COc1ccccc1)(CN(Cc1ccccc1)Cc1ccccc1)C(=O)O. The van der Waals surface area contributed by atoms with Crippen molar-refractivity contribution in [3.63, 3.8) is 0 Å². The Morgan fingerprint density at radius 3 is 1.72 bits per heavy atom. The van der Waals surface area contributed by atoms with Gasteiger partial charge >= 0.3 is 5.97 Å². The van der Waals surface area contributed by atoms with Gasteiger partial charge in [-0.3, -0.25) is 9.69 Å². The van der Waals surface area contributed by atoms with Crippen LogP contribution in [-0.4, -0.2) is 29.1 Å². The molecule has 150 valence electrons. The molecule has 4 heteroatoms. The molecule has 1 atom stereocenters. The Bertz CT molecular complexity index is 842. The molecule has 1 N–H and O–H groups in total. The molecule has 1 unspecified atom stereocenters. The Morgan fingerprint density at radius 2 is 1.28 bits per heavy atom. The van der Waals surface area contributed by atoms with E-state index in [-0.39, 0.29) is 6.61 Å². The van der Waals surface area contributed by atoms with Crippen LogP contribution < -0.4 is 4.74 Å². The second-order valence-electron chi connectivity index (χ2n) is 7.58. The highest BCUT2D eigenvalue weighted by atomic mass is 16.5. The van der Waals surface area contributed by atoms with E-state index >= 15 is 0 Å². The zero-order valence-corrected chi connectivity index (χ0v) is 16.7. The third-order valence-corrected chi connectivity index (χ3v) is 4.89. The number of carboxylic acid groups (broad SMARTS) is 1. The fourth-order valence-corrected chi connectivity index (χ4v) is 3.28. The topological polar surface area (TPSA) is 49.8 Å². The van der Waals surface area contributed by atoms with Crippen molar-refractivity contribution in [3.8, 4) is 5.75 Å². The van der Waals surface area contributed by atoms with Gasteiger partial charge in [-0.15, -0.1) is 0 Å². The molecule has 0 saturated carbocycles. The monoisotopic (exact) mass is 389 g/mol. The standard InChI is InChI=1S/C25H27NO3/c1-25(24(27)28,20-29-23-15-9-4-10-16-23)19-26(17-21-11-5-2-6-12-21)18-22-13-7-3-8-14-22/h2-16H,17-20H2,1H3,(H,27,28). The van der Waals surface area contributed by atoms with Gasteiger partial charge in [0.2, 0.25) is 0 Å². The van der Waals surface area contributed by atoms with Crippen LogP contribution in [0.1, 0.15) is 18.1 Å². The second kappa shape index (κ2) is 9.89. The fourth-order valence-electron chi connectivity index (χ4n) is 3.28. The molecule has 0 aliphatic carbocycles. The van der Waals surface area contributed by atoms with Gasteiger partial charge in [0.05, 0.1) is 0 Å². The molecule has 0 fully saturated rings. The minimum Gasteiger partial charge on any atom is -0.492 e. The summed E-state index contributed by atoms with van der Waals surface area (Å²) in [5.41, 5.74) is 1.26. The smallest absolute Gasteiger partial charge is 0.314 e. The molecule has 29 heavy (non-hydrogen) atoms. The van der Waals surface area contributed by atoms with Gasteiger partial charge in [0, 0.05) is 19.6 Å². The molecule has 0 aliphatic rings. The number of hydrogen-bond donors (Lipinski definition) is 1. The lowest BCUT2D eigenvalue weighted by atomic mass is 9.90. The van der Waals surface area contributed by atoms with Gasteiger partial charge in [-0.2, -0.15) is 0 Å². The van der Waals surface area contributed by atoms with Crippen LogP contribution >= 0.6 is 0 Å². The van der Waals surface area contributed by atoms with Crippen molar-refractivity contribution in [2.24, 2.45) is 5.41 Å². The van der Waals surface area contributed by atoms with Crippen LogP contribution in [0.3, 0.4) is 0 Å². The fraction of sp³-hybridized carbons (Fsp3) is 0.240. The number of carboxylic acids is 1. The molecule has 0 spiro atoms. The summed E-state index contributed by atoms with van der Waals surface area (Å²) in [7, 11) is 0. The first-order chi connectivity index (χ1) is 14.0. The lowest BCUT2D eigenvalue weighted by molar-refractivity contribution is -0.151. The van der Waals surface area contributed by atoms with Crippen LogP contribution in [0, 0.1) is 5.41 Å². The van der Waals surface area contributed by atoms with Crippen molar-refractivity contribution in [3.05, 3.63) is 102 Å². The summed E-state index contributed by atoms with van der Waals surface area (Å²) in [6, 6.07) is 29.6. The molecule has 0 bridgehead atoms. The molecule has 4 nitrogen and oxygen atoms in total. The van der Waals surface area contributed by atoms with Gasteiger partial charge in [-0.25, -0.2) is 0 Å². The van der Waals surface area contributed by atoms with Crippen molar-refractivity contribution in [2.75, 3.05) is 13.2 Å².